The topological polar surface area (TPSA) is 58.4 Å². The molecule has 1 aliphatic rings. The molecule has 0 aromatic heterocycles. The van der Waals surface area contributed by atoms with Crippen molar-refractivity contribution < 1.29 is 4.79 Å². The van der Waals surface area contributed by atoms with Gasteiger partial charge in [-0.15, -0.1) is 0 Å². The van der Waals surface area contributed by atoms with Crippen molar-refractivity contribution in [2.45, 2.75) is 71.4 Å². The first-order valence-electron chi connectivity index (χ1n) is 8.22. The van der Waals surface area contributed by atoms with Gasteiger partial charge in [-0.2, -0.15) is 0 Å². The lowest BCUT2D eigenvalue weighted by molar-refractivity contribution is -0.123. The predicted molar refractivity (Wildman–Crippen MR) is 91.8 cm³/mol. The first-order valence-corrected chi connectivity index (χ1v) is 8.22. The third kappa shape index (κ3) is 2.84. The zero-order valence-electron chi connectivity index (χ0n) is 14.4. The third-order valence-electron chi connectivity index (χ3n) is 4.82. The SMILES string of the molecule is CCC[C@@H](C(=O)NN)N1c2c(C)cccc2[C@H](C)CC1(C)C. The number of amides is 1. The molecule has 1 amide bonds. The molecule has 1 aliphatic heterocycles. The van der Waals surface area contributed by atoms with Crippen molar-refractivity contribution in [2.75, 3.05) is 4.90 Å². The molecule has 0 bridgehead atoms. The molecular formula is C18H29N3O. The number of carbonyl (C=O) groups excluding carboxylic acids is 1. The van der Waals surface area contributed by atoms with Crippen molar-refractivity contribution in [3.8, 4) is 0 Å². The number of para-hydroxylation sites is 1. The average Bonchev–Trinajstić information content (AvgIpc) is 2.45. The quantitative estimate of drug-likeness (QED) is 0.510. The molecule has 4 nitrogen and oxygen atoms in total. The van der Waals surface area contributed by atoms with Gasteiger partial charge >= 0.3 is 0 Å². The molecular weight excluding hydrogens is 274 g/mol. The normalized spacial score (nSPS) is 21.2. The monoisotopic (exact) mass is 303 g/mol. The van der Waals surface area contributed by atoms with E-state index in [4.69, 9.17) is 5.84 Å². The maximum atomic E-state index is 12.4. The number of hydrazine groups is 1. The number of nitrogens with one attached hydrogen (secondary N) is 1. The molecule has 1 aromatic rings. The number of fused-ring (bicyclic) bond motifs is 1. The Morgan fingerprint density at radius 2 is 2.18 bits per heavy atom. The van der Waals surface area contributed by atoms with E-state index in [1.165, 1.54) is 16.8 Å². The Balaban J connectivity index is 2.61. The first kappa shape index (κ1) is 16.8. The lowest BCUT2D eigenvalue weighted by Gasteiger charge is -2.51. The van der Waals surface area contributed by atoms with Crippen LogP contribution in [0.1, 0.15) is 64.0 Å². The highest BCUT2D eigenvalue weighted by Gasteiger charge is 2.42. The standard InChI is InChI=1S/C18H29N3O/c1-6-8-15(17(22)20-19)21-16-12(2)9-7-10-14(16)13(3)11-18(21,4)5/h7,9-10,13,15H,6,8,11,19H2,1-5H3,(H,20,22)/t13-,15+/m1/s1. The Morgan fingerprint density at radius 3 is 2.77 bits per heavy atom. The highest BCUT2D eigenvalue weighted by molar-refractivity contribution is 5.86. The second-order valence-electron chi connectivity index (χ2n) is 7.11. The number of anilines is 1. The van der Waals surface area contributed by atoms with Gasteiger partial charge in [-0.05, 0) is 50.7 Å². The molecule has 2 atom stereocenters. The number of hydrogen-bond donors (Lipinski definition) is 2. The van der Waals surface area contributed by atoms with Gasteiger partial charge in [0.2, 0.25) is 0 Å². The van der Waals surface area contributed by atoms with E-state index in [2.05, 4.69) is 63.1 Å². The van der Waals surface area contributed by atoms with Crippen LogP contribution in [0.15, 0.2) is 18.2 Å². The van der Waals surface area contributed by atoms with E-state index in [0.717, 1.165) is 19.3 Å². The molecule has 0 aliphatic carbocycles. The number of benzene rings is 1. The minimum atomic E-state index is -0.225. The molecule has 122 valence electrons. The number of rotatable bonds is 4. The van der Waals surface area contributed by atoms with Gasteiger partial charge in [-0.25, -0.2) is 5.84 Å². The summed E-state index contributed by atoms with van der Waals surface area (Å²) in [6.07, 6.45) is 2.78. The summed E-state index contributed by atoms with van der Waals surface area (Å²) >= 11 is 0. The van der Waals surface area contributed by atoms with E-state index in [1.807, 2.05) is 0 Å². The van der Waals surface area contributed by atoms with Crippen LogP contribution in [0.3, 0.4) is 0 Å². The van der Waals surface area contributed by atoms with Gasteiger partial charge in [0.25, 0.3) is 5.91 Å². The van der Waals surface area contributed by atoms with Gasteiger partial charge in [0.05, 0.1) is 0 Å². The molecule has 0 saturated carbocycles. The summed E-state index contributed by atoms with van der Waals surface area (Å²) < 4.78 is 0. The number of hydrogen-bond acceptors (Lipinski definition) is 3. The van der Waals surface area contributed by atoms with E-state index in [1.54, 1.807) is 0 Å². The first-order chi connectivity index (χ1) is 10.3. The van der Waals surface area contributed by atoms with E-state index in [9.17, 15) is 4.79 Å². The molecule has 0 unspecified atom stereocenters. The highest BCUT2D eigenvalue weighted by atomic mass is 16.2. The summed E-state index contributed by atoms with van der Waals surface area (Å²) in [4.78, 5) is 14.7. The maximum Gasteiger partial charge on any atom is 0.256 e. The summed E-state index contributed by atoms with van der Waals surface area (Å²) in [7, 11) is 0. The van der Waals surface area contributed by atoms with Crippen LogP contribution in [0.2, 0.25) is 0 Å². The van der Waals surface area contributed by atoms with Crippen molar-refractivity contribution in [3.63, 3.8) is 0 Å². The Bertz CT molecular complexity index is 553. The lowest BCUT2D eigenvalue weighted by Crippen LogP contribution is -2.59. The third-order valence-corrected chi connectivity index (χ3v) is 4.82. The Labute approximate surface area is 134 Å². The average molecular weight is 303 g/mol. The Kier molecular flexibility index (Phi) is 4.81. The van der Waals surface area contributed by atoms with E-state index in [0.29, 0.717) is 5.92 Å². The lowest BCUT2D eigenvalue weighted by atomic mass is 9.77. The molecule has 0 saturated heterocycles. The zero-order chi connectivity index (χ0) is 16.5. The second-order valence-corrected chi connectivity index (χ2v) is 7.11. The Hall–Kier alpha value is -1.55. The summed E-state index contributed by atoms with van der Waals surface area (Å²) in [6.45, 7) is 11.0. The molecule has 0 radical (unpaired) electrons. The van der Waals surface area contributed by atoms with Crippen molar-refractivity contribution in [2.24, 2.45) is 5.84 Å². The minimum Gasteiger partial charge on any atom is -0.354 e. The molecule has 2 rings (SSSR count). The molecule has 0 fully saturated rings. The van der Waals surface area contributed by atoms with Crippen LogP contribution in [0.25, 0.3) is 0 Å². The van der Waals surface area contributed by atoms with Crippen LogP contribution in [0, 0.1) is 6.92 Å². The smallest absolute Gasteiger partial charge is 0.256 e. The molecule has 3 N–H and O–H groups in total. The van der Waals surface area contributed by atoms with Crippen LogP contribution in [0.5, 0.6) is 0 Å². The van der Waals surface area contributed by atoms with Crippen molar-refractivity contribution in [1.29, 1.82) is 0 Å². The number of aryl methyl sites for hydroxylation is 1. The van der Waals surface area contributed by atoms with Crippen molar-refractivity contribution >= 4 is 11.6 Å². The molecule has 1 aromatic carbocycles. The van der Waals surface area contributed by atoms with Gasteiger partial charge in [0.1, 0.15) is 6.04 Å². The fourth-order valence-corrected chi connectivity index (χ4v) is 3.99. The van der Waals surface area contributed by atoms with Gasteiger partial charge in [-0.3, -0.25) is 10.2 Å². The van der Waals surface area contributed by atoms with Gasteiger partial charge in [0.15, 0.2) is 0 Å². The van der Waals surface area contributed by atoms with Gasteiger partial charge < -0.3 is 4.90 Å². The predicted octanol–water partition coefficient (Wildman–Crippen LogP) is 3.25. The largest absolute Gasteiger partial charge is 0.354 e. The summed E-state index contributed by atoms with van der Waals surface area (Å²) in [5.41, 5.74) is 6.07. The molecule has 4 heteroatoms. The maximum absolute atomic E-state index is 12.4. The Morgan fingerprint density at radius 1 is 1.50 bits per heavy atom. The summed E-state index contributed by atoms with van der Waals surface area (Å²) in [5.74, 6) is 5.85. The van der Waals surface area contributed by atoms with E-state index < -0.39 is 0 Å². The number of nitrogens with two attached hydrogens (primary N) is 1. The number of carbonyl (C=O) groups is 1. The van der Waals surface area contributed by atoms with Crippen LogP contribution >= 0.6 is 0 Å². The minimum absolute atomic E-state index is 0.0785. The zero-order valence-corrected chi connectivity index (χ0v) is 14.4. The summed E-state index contributed by atoms with van der Waals surface area (Å²) in [6, 6.07) is 6.21. The fourth-order valence-electron chi connectivity index (χ4n) is 3.99. The van der Waals surface area contributed by atoms with Crippen LogP contribution in [-0.4, -0.2) is 17.5 Å². The van der Waals surface area contributed by atoms with Crippen molar-refractivity contribution in [3.05, 3.63) is 29.3 Å². The second kappa shape index (κ2) is 6.29. The van der Waals surface area contributed by atoms with Crippen LogP contribution < -0.4 is 16.2 Å². The van der Waals surface area contributed by atoms with E-state index in [-0.39, 0.29) is 17.5 Å². The fraction of sp³-hybridized carbons (Fsp3) is 0.611. The molecule has 1 heterocycles. The molecule has 0 spiro atoms. The van der Waals surface area contributed by atoms with Gasteiger partial charge in [0, 0.05) is 11.2 Å². The van der Waals surface area contributed by atoms with E-state index >= 15 is 0 Å². The van der Waals surface area contributed by atoms with Crippen LogP contribution in [0.4, 0.5) is 5.69 Å². The van der Waals surface area contributed by atoms with Crippen molar-refractivity contribution in [1.82, 2.24) is 5.43 Å². The highest BCUT2D eigenvalue weighted by Crippen LogP contribution is 2.46. The van der Waals surface area contributed by atoms with Gasteiger partial charge in [-0.1, -0.05) is 38.5 Å². The number of nitrogens with zero attached hydrogens (tertiary/aromatic N) is 1. The van der Waals surface area contributed by atoms with Crippen LogP contribution in [-0.2, 0) is 4.79 Å². The molecule has 22 heavy (non-hydrogen) atoms. The summed E-state index contributed by atoms with van der Waals surface area (Å²) in [5, 5.41) is 0.